The Morgan fingerprint density at radius 1 is 1.07 bits per heavy atom. The van der Waals surface area contributed by atoms with E-state index < -0.39 is 6.10 Å². The van der Waals surface area contributed by atoms with Crippen LogP contribution in [0.1, 0.15) is 24.5 Å². The molecule has 0 aliphatic carbocycles. The van der Waals surface area contributed by atoms with Gasteiger partial charge in [-0.1, -0.05) is 43.3 Å². The standard InChI is InChI=1S/C23H30N2O4/c1-3-20(29-22-7-5-4-6-21(22)27-2)23(26)24-16-18-8-10-19(11-9-18)17-25-12-14-28-15-13-25/h4-11,20H,3,12-17H2,1-2H3,(H,24,26). The average Bonchev–Trinajstić information content (AvgIpc) is 2.77. The van der Waals surface area contributed by atoms with Crippen molar-refractivity contribution in [3.63, 3.8) is 0 Å². The first kappa shape index (κ1) is 21.1. The summed E-state index contributed by atoms with van der Waals surface area (Å²) in [5.74, 6) is 1.06. The van der Waals surface area contributed by atoms with Crippen molar-refractivity contribution in [3.05, 3.63) is 59.7 Å². The van der Waals surface area contributed by atoms with Crippen molar-refractivity contribution in [2.24, 2.45) is 0 Å². The van der Waals surface area contributed by atoms with E-state index >= 15 is 0 Å². The molecule has 1 aliphatic heterocycles. The molecule has 0 bridgehead atoms. The van der Waals surface area contributed by atoms with Crippen molar-refractivity contribution in [3.8, 4) is 11.5 Å². The number of carbonyl (C=O) groups is 1. The summed E-state index contributed by atoms with van der Waals surface area (Å²) in [4.78, 5) is 15.0. The number of hydrogen-bond acceptors (Lipinski definition) is 5. The lowest BCUT2D eigenvalue weighted by Crippen LogP contribution is -2.37. The number of methoxy groups -OCH3 is 1. The van der Waals surface area contributed by atoms with E-state index in [1.807, 2.05) is 31.2 Å². The monoisotopic (exact) mass is 398 g/mol. The van der Waals surface area contributed by atoms with Crippen molar-refractivity contribution < 1.29 is 19.0 Å². The first-order valence-electron chi connectivity index (χ1n) is 10.1. The van der Waals surface area contributed by atoms with E-state index in [9.17, 15) is 4.79 Å². The van der Waals surface area contributed by atoms with E-state index in [2.05, 4.69) is 34.5 Å². The van der Waals surface area contributed by atoms with Gasteiger partial charge in [0.25, 0.3) is 5.91 Å². The summed E-state index contributed by atoms with van der Waals surface area (Å²) in [6.45, 7) is 6.90. The number of para-hydroxylation sites is 2. The lowest BCUT2D eigenvalue weighted by atomic mass is 10.1. The van der Waals surface area contributed by atoms with Crippen LogP contribution in [0.5, 0.6) is 11.5 Å². The molecule has 156 valence electrons. The van der Waals surface area contributed by atoms with Crippen molar-refractivity contribution >= 4 is 5.91 Å². The quantitative estimate of drug-likeness (QED) is 0.704. The number of ether oxygens (including phenoxy) is 3. The largest absolute Gasteiger partial charge is 0.493 e. The van der Waals surface area contributed by atoms with Gasteiger partial charge in [-0.25, -0.2) is 0 Å². The van der Waals surface area contributed by atoms with Gasteiger partial charge in [-0.15, -0.1) is 0 Å². The maximum absolute atomic E-state index is 12.6. The number of benzene rings is 2. The molecule has 2 aromatic carbocycles. The number of carbonyl (C=O) groups excluding carboxylic acids is 1. The summed E-state index contributed by atoms with van der Waals surface area (Å²) in [7, 11) is 1.59. The van der Waals surface area contributed by atoms with E-state index in [0.29, 0.717) is 24.5 Å². The summed E-state index contributed by atoms with van der Waals surface area (Å²) < 4.78 is 16.6. The third-order valence-electron chi connectivity index (χ3n) is 5.00. The molecular formula is C23H30N2O4. The Bertz CT molecular complexity index is 773. The van der Waals surface area contributed by atoms with Gasteiger partial charge >= 0.3 is 0 Å². The molecule has 1 saturated heterocycles. The fraction of sp³-hybridized carbons (Fsp3) is 0.435. The molecular weight excluding hydrogens is 368 g/mol. The number of morpholine rings is 1. The van der Waals surface area contributed by atoms with Crippen LogP contribution in [0.2, 0.25) is 0 Å². The molecule has 6 heteroatoms. The smallest absolute Gasteiger partial charge is 0.261 e. The lowest BCUT2D eigenvalue weighted by Gasteiger charge is -2.26. The second-order valence-corrected chi connectivity index (χ2v) is 7.09. The lowest BCUT2D eigenvalue weighted by molar-refractivity contribution is -0.128. The Kier molecular flexibility index (Phi) is 7.90. The normalized spacial score (nSPS) is 15.5. The minimum atomic E-state index is -0.563. The molecule has 29 heavy (non-hydrogen) atoms. The van der Waals surface area contributed by atoms with Crippen molar-refractivity contribution in [1.29, 1.82) is 0 Å². The fourth-order valence-electron chi connectivity index (χ4n) is 3.27. The first-order chi connectivity index (χ1) is 14.2. The molecule has 1 aliphatic rings. The zero-order valence-electron chi connectivity index (χ0n) is 17.2. The molecule has 0 radical (unpaired) electrons. The van der Waals surface area contributed by atoms with E-state index in [0.717, 1.165) is 38.4 Å². The van der Waals surface area contributed by atoms with E-state index in [-0.39, 0.29) is 5.91 Å². The molecule has 1 fully saturated rings. The fourth-order valence-corrected chi connectivity index (χ4v) is 3.27. The summed E-state index contributed by atoms with van der Waals surface area (Å²) in [5.41, 5.74) is 2.34. The van der Waals surface area contributed by atoms with Crippen LogP contribution in [0.3, 0.4) is 0 Å². The van der Waals surface area contributed by atoms with Gasteiger partial charge in [0.05, 0.1) is 20.3 Å². The van der Waals surface area contributed by atoms with Gasteiger partial charge in [-0.3, -0.25) is 9.69 Å². The molecule has 1 N–H and O–H groups in total. The van der Waals surface area contributed by atoms with Crippen LogP contribution in [-0.4, -0.2) is 50.3 Å². The predicted molar refractivity (Wildman–Crippen MR) is 112 cm³/mol. The summed E-state index contributed by atoms with van der Waals surface area (Å²) in [6.07, 6.45) is 0.00873. The number of nitrogens with one attached hydrogen (secondary N) is 1. The molecule has 0 aromatic heterocycles. The van der Waals surface area contributed by atoms with Gasteiger partial charge in [0.1, 0.15) is 0 Å². The Balaban J connectivity index is 1.50. The van der Waals surface area contributed by atoms with Crippen LogP contribution in [0.15, 0.2) is 48.5 Å². The highest BCUT2D eigenvalue weighted by molar-refractivity contribution is 5.81. The predicted octanol–water partition coefficient (Wildman–Crippen LogP) is 3.00. The van der Waals surface area contributed by atoms with Crippen LogP contribution in [0, 0.1) is 0 Å². The maximum Gasteiger partial charge on any atom is 0.261 e. The highest BCUT2D eigenvalue weighted by atomic mass is 16.5. The topological polar surface area (TPSA) is 60.0 Å². The van der Waals surface area contributed by atoms with E-state index in [1.165, 1.54) is 5.56 Å². The first-order valence-corrected chi connectivity index (χ1v) is 10.1. The molecule has 1 atom stereocenters. The Morgan fingerprint density at radius 3 is 2.38 bits per heavy atom. The Labute approximate surface area is 172 Å². The van der Waals surface area contributed by atoms with Crippen molar-refractivity contribution in [1.82, 2.24) is 10.2 Å². The van der Waals surface area contributed by atoms with Gasteiger partial charge in [0.15, 0.2) is 17.6 Å². The average molecular weight is 399 g/mol. The molecule has 3 rings (SSSR count). The zero-order chi connectivity index (χ0) is 20.5. The highest BCUT2D eigenvalue weighted by Gasteiger charge is 2.19. The van der Waals surface area contributed by atoms with Gasteiger partial charge in [0.2, 0.25) is 0 Å². The third kappa shape index (κ3) is 6.21. The van der Waals surface area contributed by atoms with Crippen LogP contribution >= 0.6 is 0 Å². The molecule has 1 amide bonds. The van der Waals surface area contributed by atoms with Gasteiger partial charge in [-0.05, 0) is 29.7 Å². The van der Waals surface area contributed by atoms with Crippen molar-refractivity contribution in [2.75, 3.05) is 33.4 Å². The molecule has 0 saturated carbocycles. The number of hydrogen-bond donors (Lipinski definition) is 1. The third-order valence-corrected chi connectivity index (χ3v) is 5.00. The number of amides is 1. The van der Waals surface area contributed by atoms with E-state index in [4.69, 9.17) is 14.2 Å². The Morgan fingerprint density at radius 2 is 1.72 bits per heavy atom. The van der Waals surface area contributed by atoms with Crippen LogP contribution in [-0.2, 0) is 22.6 Å². The second kappa shape index (κ2) is 10.8. The maximum atomic E-state index is 12.6. The van der Waals surface area contributed by atoms with Crippen LogP contribution in [0.25, 0.3) is 0 Å². The van der Waals surface area contributed by atoms with E-state index in [1.54, 1.807) is 7.11 Å². The summed E-state index contributed by atoms with van der Waals surface area (Å²) in [5, 5.41) is 2.98. The van der Waals surface area contributed by atoms with Gasteiger partial charge in [-0.2, -0.15) is 0 Å². The summed E-state index contributed by atoms with van der Waals surface area (Å²) in [6, 6.07) is 15.7. The molecule has 6 nitrogen and oxygen atoms in total. The molecule has 0 spiro atoms. The zero-order valence-corrected chi connectivity index (χ0v) is 17.2. The molecule has 1 heterocycles. The van der Waals surface area contributed by atoms with Crippen LogP contribution in [0.4, 0.5) is 0 Å². The van der Waals surface area contributed by atoms with Crippen molar-refractivity contribution in [2.45, 2.75) is 32.5 Å². The minimum absolute atomic E-state index is 0.129. The Hall–Kier alpha value is -2.57. The molecule has 2 aromatic rings. The highest BCUT2D eigenvalue weighted by Crippen LogP contribution is 2.27. The van der Waals surface area contributed by atoms with Crippen LogP contribution < -0.4 is 14.8 Å². The van der Waals surface area contributed by atoms with Gasteiger partial charge < -0.3 is 19.5 Å². The minimum Gasteiger partial charge on any atom is -0.493 e. The number of nitrogens with zero attached hydrogens (tertiary/aromatic N) is 1. The SMILES string of the molecule is CCC(Oc1ccccc1OC)C(=O)NCc1ccc(CN2CCOCC2)cc1. The van der Waals surface area contributed by atoms with Gasteiger partial charge in [0, 0.05) is 26.2 Å². The molecule has 1 unspecified atom stereocenters. The summed E-state index contributed by atoms with van der Waals surface area (Å²) >= 11 is 0. The number of rotatable bonds is 9. The second-order valence-electron chi connectivity index (χ2n) is 7.09.